The van der Waals surface area contributed by atoms with E-state index in [0.717, 1.165) is 15.3 Å². The molecule has 1 aromatic heterocycles. The van der Waals surface area contributed by atoms with Crippen LogP contribution in [0.5, 0.6) is 0 Å². The van der Waals surface area contributed by atoms with Gasteiger partial charge in [0.25, 0.3) is 0 Å². The third-order valence-corrected chi connectivity index (χ3v) is 5.48. The van der Waals surface area contributed by atoms with Crippen LogP contribution in [-0.4, -0.2) is 35.1 Å². The molecule has 0 saturated carbocycles. The molecule has 0 spiro atoms. The summed E-state index contributed by atoms with van der Waals surface area (Å²) in [6.45, 7) is 2.44. The van der Waals surface area contributed by atoms with Crippen molar-refractivity contribution in [3.05, 3.63) is 24.0 Å². The van der Waals surface area contributed by atoms with E-state index >= 15 is 0 Å². The van der Waals surface area contributed by atoms with Crippen LogP contribution in [0, 0.1) is 5.82 Å². The zero-order valence-corrected chi connectivity index (χ0v) is 12.1. The number of aromatic nitrogens is 1. The molecular formula is C15H18FN3S. The maximum Gasteiger partial charge on any atom is 0.184 e. The van der Waals surface area contributed by atoms with Crippen LogP contribution in [0.2, 0.25) is 0 Å². The second-order valence-electron chi connectivity index (χ2n) is 5.77. The lowest BCUT2D eigenvalue weighted by molar-refractivity contribution is 0.193. The average Bonchev–Trinajstić information content (AvgIpc) is 3.03. The van der Waals surface area contributed by atoms with Gasteiger partial charge in [0.05, 0.1) is 10.2 Å². The molecule has 2 unspecified atom stereocenters. The zero-order chi connectivity index (χ0) is 13.5. The minimum atomic E-state index is -0.214. The number of fused-ring (bicyclic) bond motifs is 2. The molecule has 3 heterocycles. The molecule has 2 aliphatic rings. The molecule has 2 saturated heterocycles. The van der Waals surface area contributed by atoms with Gasteiger partial charge < -0.3 is 5.32 Å². The fraction of sp³-hybridized carbons (Fsp3) is 0.533. The second kappa shape index (κ2) is 4.97. The molecule has 0 amide bonds. The van der Waals surface area contributed by atoms with E-state index in [9.17, 15) is 4.39 Å². The molecule has 5 heteroatoms. The summed E-state index contributed by atoms with van der Waals surface area (Å²) in [6, 6.07) is 5.99. The van der Waals surface area contributed by atoms with E-state index in [1.165, 1.54) is 50.9 Å². The van der Waals surface area contributed by atoms with Gasteiger partial charge in [-0.3, -0.25) is 4.90 Å². The molecule has 0 radical (unpaired) electrons. The number of hydrogen-bond donors (Lipinski definition) is 1. The Morgan fingerprint density at radius 1 is 1.25 bits per heavy atom. The maximum absolute atomic E-state index is 13.2. The Kier molecular flexibility index (Phi) is 3.11. The van der Waals surface area contributed by atoms with Crippen molar-refractivity contribution < 1.29 is 4.39 Å². The number of benzene rings is 1. The lowest BCUT2D eigenvalue weighted by Crippen LogP contribution is -2.41. The first kappa shape index (κ1) is 12.5. The second-order valence-corrected chi connectivity index (χ2v) is 6.80. The fourth-order valence-corrected chi connectivity index (χ4v) is 4.44. The molecule has 0 aliphatic carbocycles. The Labute approximate surface area is 121 Å². The van der Waals surface area contributed by atoms with Crippen LogP contribution in [0.25, 0.3) is 10.2 Å². The van der Waals surface area contributed by atoms with Gasteiger partial charge in [-0.05, 0) is 37.9 Å². The van der Waals surface area contributed by atoms with Gasteiger partial charge in [0.1, 0.15) is 5.82 Å². The van der Waals surface area contributed by atoms with Gasteiger partial charge in [-0.25, -0.2) is 9.37 Å². The van der Waals surface area contributed by atoms with Gasteiger partial charge >= 0.3 is 0 Å². The summed E-state index contributed by atoms with van der Waals surface area (Å²) in [7, 11) is 0. The van der Waals surface area contributed by atoms with Gasteiger partial charge in [-0.1, -0.05) is 17.8 Å². The summed E-state index contributed by atoms with van der Waals surface area (Å²) in [4.78, 5) is 7.13. The van der Waals surface area contributed by atoms with Crippen molar-refractivity contribution in [2.75, 3.05) is 18.4 Å². The van der Waals surface area contributed by atoms with Gasteiger partial charge in [0, 0.05) is 24.7 Å². The summed E-state index contributed by atoms with van der Waals surface area (Å²) in [5.41, 5.74) is 0.760. The molecule has 1 aromatic carbocycles. The van der Waals surface area contributed by atoms with Crippen molar-refractivity contribution in [2.45, 2.75) is 37.8 Å². The highest BCUT2D eigenvalue weighted by molar-refractivity contribution is 7.22. The minimum absolute atomic E-state index is 0.214. The van der Waals surface area contributed by atoms with Crippen molar-refractivity contribution in [3.8, 4) is 0 Å². The molecule has 2 atom stereocenters. The summed E-state index contributed by atoms with van der Waals surface area (Å²) in [5, 5.41) is 4.53. The number of nitrogens with zero attached hydrogens (tertiary/aromatic N) is 2. The van der Waals surface area contributed by atoms with Crippen molar-refractivity contribution in [2.24, 2.45) is 0 Å². The van der Waals surface area contributed by atoms with E-state index in [-0.39, 0.29) is 5.82 Å². The van der Waals surface area contributed by atoms with Crippen LogP contribution in [0.1, 0.15) is 25.7 Å². The van der Waals surface area contributed by atoms with Gasteiger partial charge in [-0.2, -0.15) is 0 Å². The normalized spacial score (nSPS) is 26.9. The molecule has 106 valence electrons. The Morgan fingerprint density at radius 2 is 2.20 bits per heavy atom. The Morgan fingerprint density at radius 3 is 3.15 bits per heavy atom. The monoisotopic (exact) mass is 291 g/mol. The Bertz CT molecular complexity index is 627. The van der Waals surface area contributed by atoms with Gasteiger partial charge in [-0.15, -0.1) is 0 Å². The highest BCUT2D eigenvalue weighted by Crippen LogP contribution is 2.32. The van der Waals surface area contributed by atoms with Gasteiger partial charge in [0.15, 0.2) is 5.13 Å². The topological polar surface area (TPSA) is 28.2 Å². The number of nitrogens with one attached hydrogen (secondary N) is 1. The van der Waals surface area contributed by atoms with Crippen molar-refractivity contribution >= 4 is 26.7 Å². The highest BCUT2D eigenvalue weighted by atomic mass is 32.1. The molecule has 20 heavy (non-hydrogen) atoms. The van der Waals surface area contributed by atoms with E-state index < -0.39 is 0 Å². The number of hydrogen-bond acceptors (Lipinski definition) is 4. The predicted molar refractivity (Wildman–Crippen MR) is 80.8 cm³/mol. The fourth-order valence-electron chi connectivity index (χ4n) is 3.54. The van der Waals surface area contributed by atoms with Crippen LogP contribution >= 0.6 is 11.3 Å². The Balaban J connectivity index is 1.55. The molecule has 2 aromatic rings. The van der Waals surface area contributed by atoms with E-state index in [1.807, 2.05) is 6.07 Å². The van der Waals surface area contributed by atoms with E-state index in [4.69, 9.17) is 0 Å². The smallest absolute Gasteiger partial charge is 0.184 e. The highest BCUT2D eigenvalue weighted by Gasteiger charge is 2.35. The number of rotatable bonds is 2. The minimum Gasteiger partial charge on any atom is -0.357 e. The predicted octanol–water partition coefficient (Wildman–Crippen LogP) is 3.47. The van der Waals surface area contributed by atoms with Crippen molar-refractivity contribution in [1.29, 1.82) is 0 Å². The number of anilines is 1. The first-order chi connectivity index (χ1) is 9.79. The number of halogens is 1. The van der Waals surface area contributed by atoms with E-state index in [2.05, 4.69) is 15.2 Å². The van der Waals surface area contributed by atoms with Crippen molar-refractivity contribution in [1.82, 2.24) is 9.88 Å². The molecule has 1 N–H and O–H groups in total. The summed E-state index contributed by atoms with van der Waals surface area (Å²) < 4.78 is 14.3. The summed E-state index contributed by atoms with van der Waals surface area (Å²) in [5.74, 6) is -0.214. The average molecular weight is 291 g/mol. The lowest BCUT2D eigenvalue weighted by atomic mass is 9.99. The van der Waals surface area contributed by atoms with Crippen LogP contribution in [0.4, 0.5) is 9.52 Å². The largest absolute Gasteiger partial charge is 0.357 e. The third-order valence-electron chi connectivity index (χ3n) is 4.51. The number of piperidine rings is 1. The molecule has 3 nitrogen and oxygen atoms in total. The van der Waals surface area contributed by atoms with Crippen LogP contribution in [0.15, 0.2) is 18.2 Å². The SMILES string of the molecule is Fc1ccc2sc(NC3CCN4CCCCC34)nc2c1. The van der Waals surface area contributed by atoms with E-state index in [0.29, 0.717) is 12.1 Å². The van der Waals surface area contributed by atoms with Gasteiger partial charge in [0.2, 0.25) is 0 Å². The quantitative estimate of drug-likeness (QED) is 0.918. The molecule has 4 rings (SSSR count). The Hall–Kier alpha value is -1.20. The van der Waals surface area contributed by atoms with Crippen LogP contribution in [-0.2, 0) is 0 Å². The van der Waals surface area contributed by atoms with Crippen molar-refractivity contribution in [3.63, 3.8) is 0 Å². The molecule has 2 fully saturated rings. The number of thiazole rings is 1. The summed E-state index contributed by atoms with van der Waals surface area (Å²) in [6.07, 6.45) is 5.15. The van der Waals surface area contributed by atoms with Crippen LogP contribution < -0.4 is 5.32 Å². The molecular weight excluding hydrogens is 273 g/mol. The zero-order valence-electron chi connectivity index (χ0n) is 11.3. The first-order valence-corrected chi connectivity index (χ1v) is 8.18. The first-order valence-electron chi connectivity index (χ1n) is 7.36. The van der Waals surface area contributed by atoms with Crippen LogP contribution in [0.3, 0.4) is 0 Å². The standard InChI is InChI=1S/C15H18FN3S/c16-10-4-5-14-12(9-10)18-15(20-14)17-11-6-8-19-7-2-1-3-13(11)19/h4-5,9,11,13H,1-3,6-8H2,(H,17,18). The van der Waals surface area contributed by atoms with E-state index in [1.54, 1.807) is 11.3 Å². The maximum atomic E-state index is 13.2. The summed E-state index contributed by atoms with van der Waals surface area (Å²) >= 11 is 1.62. The molecule has 2 aliphatic heterocycles. The molecule has 0 bridgehead atoms. The third kappa shape index (κ3) is 2.19. The lowest BCUT2D eigenvalue weighted by Gasteiger charge is -2.32.